The van der Waals surface area contributed by atoms with Crippen molar-refractivity contribution >= 4 is 0 Å². The van der Waals surface area contributed by atoms with E-state index in [0.29, 0.717) is 24.4 Å². The van der Waals surface area contributed by atoms with Crippen LogP contribution in [-0.4, -0.2) is 35.3 Å². The lowest BCUT2D eigenvalue weighted by Crippen LogP contribution is -2.35. The molecule has 1 unspecified atom stereocenters. The molecule has 0 aromatic carbocycles. The first-order chi connectivity index (χ1) is 9.24. The largest absolute Gasteiger partial charge is 0.476 e. The van der Waals surface area contributed by atoms with Gasteiger partial charge in [-0.2, -0.15) is 4.98 Å². The summed E-state index contributed by atoms with van der Waals surface area (Å²) in [5.74, 6) is 1.05. The highest BCUT2D eigenvalue weighted by atomic mass is 16.5. The molecule has 106 valence electrons. The molecule has 1 aromatic heterocycles. The lowest BCUT2D eigenvalue weighted by atomic mass is 10.0. The fraction of sp³-hybridized carbons (Fsp3) is 0.714. The van der Waals surface area contributed by atoms with Crippen molar-refractivity contribution in [3.63, 3.8) is 0 Å². The summed E-state index contributed by atoms with van der Waals surface area (Å²) in [4.78, 5) is 8.34. The molecule has 0 amide bonds. The first-order valence-electron chi connectivity index (χ1n) is 7.09. The zero-order chi connectivity index (χ0) is 13.5. The molecule has 19 heavy (non-hydrogen) atoms. The molecule has 5 heteroatoms. The molecule has 0 saturated carbocycles. The van der Waals surface area contributed by atoms with Gasteiger partial charge in [0.05, 0.1) is 25.1 Å². The Morgan fingerprint density at radius 3 is 2.89 bits per heavy atom. The van der Waals surface area contributed by atoms with Gasteiger partial charge < -0.3 is 14.8 Å². The van der Waals surface area contributed by atoms with Gasteiger partial charge in [0.15, 0.2) is 0 Å². The van der Waals surface area contributed by atoms with Crippen LogP contribution < -0.4 is 14.8 Å². The van der Waals surface area contributed by atoms with Crippen molar-refractivity contribution in [3.05, 3.63) is 12.4 Å². The van der Waals surface area contributed by atoms with E-state index in [0.717, 1.165) is 13.0 Å². The minimum atomic E-state index is 0.0935. The maximum Gasteiger partial charge on any atom is 0.235 e. The van der Waals surface area contributed by atoms with Crippen molar-refractivity contribution in [1.29, 1.82) is 0 Å². The Balaban J connectivity index is 1.75. The van der Waals surface area contributed by atoms with Crippen molar-refractivity contribution in [2.24, 2.45) is 0 Å². The van der Waals surface area contributed by atoms with E-state index in [1.54, 1.807) is 12.4 Å². The van der Waals surface area contributed by atoms with Crippen molar-refractivity contribution in [3.8, 4) is 11.8 Å². The zero-order valence-corrected chi connectivity index (χ0v) is 11.8. The Kier molecular flexibility index (Phi) is 5.39. The topological polar surface area (TPSA) is 56.3 Å². The predicted molar refractivity (Wildman–Crippen MR) is 73.5 cm³/mol. The monoisotopic (exact) mass is 265 g/mol. The van der Waals surface area contributed by atoms with Gasteiger partial charge in [0.25, 0.3) is 0 Å². The Hall–Kier alpha value is -1.36. The van der Waals surface area contributed by atoms with Gasteiger partial charge in [-0.15, -0.1) is 0 Å². The van der Waals surface area contributed by atoms with Crippen LogP contribution in [0.3, 0.4) is 0 Å². The fourth-order valence-corrected chi connectivity index (χ4v) is 2.18. The lowest BCUT2D eigenvalue weighted by Gasteiger charge is -2.23. The summed E-state index contributed by atoms with van der Waals surface area (Å²) < 4.78 is 11.1. The third-order valence-corrected chi connectivity index (χ3v) is 3.08. The molecule has 1 aliphatic heterocycles. The van der Waals surface area contributed by atoms with Crippen LogP contribution >= 0.6 is 0 Å². The molecule has 1 saturated heterocycles. The van der Waals surface area contributed by atoms with Crippen molar-refractivity contribution in [1.82, 2.24) is 15.3 Å². The van der Waals surface area contributed by atoms with Crippen molar-refractivity contribution in [2.75, 3.05) is 13.2 Å². The van der Waals surface area contributed by atoms with Gasteiger partial charge in [0.2, 0.25) is 11.8 Å². The molecule has 1 fully saturated rings. The van der Waals surface area contributed by atoms with E-state index in [1.165, 1.54) is 19.3 Å². The summed E-state index contributed by atoms with van der Waals surface area (Å²) in [6, 6.07) is 0.580. The maximum atomic E-state index is 5.64. The fourth-order valence-electron chi connectivity index (χ4n) is 2.18. The molecule has 5 nitrogen and oxygen atoms in total. The summed E-state index contributed by atoms with van der Waals surface area (Å²) >= 11 is 0. The number of rotatable bonds is 6. The van der Waals surface area contributed by atoms with Crippen LogP contribution in [0.4, 0.5) is 0 Å². The minimum absolute atomic E-state index is 0.0935. The quantitative estimate of drug-likeness (QED) is 0.854. The molecule has 0 radical (unpaired) electrons. The molecule has 1 aromatic rings. The molecule has 0 bridgehead atoms. The van der Waals surface area contributed by atoms with Crippen LogP contribution in [0.5, 0.6) is 11.8 Å². The van der Waals surface area contributed by atoms with E-state index in [1.807, 2.05) is 13.8 Å². The molecule has 1 atom stereocenters. The van der Waals surface area contributed by atoms with E-state index >= 15 is 0 Å². The molecular weight excluding hydrogens is 242 g/mol. The van der Waals surface area contributed by atoms with Crippen molar-refractivity contribution < 1.29 is 9.47 Å². The van der Waals surface area contributed by atoms with E-state index in [9.17, 15) is 0 Å². The first kappa shape index (κ1) is 14.1. The molecule has 2 heterocycles. The maximum absolute atomic E-state index is 5.64. The Morgan fingerprint density at radius 2 is 2.16 bits per heavy atom. The summed E-state index contributed by atoms with van der Waals surface area (Å²) in [5, 5.41) is 3.50. The van der Waals surface area contributed by atoms with Crippen LogP contribution in [0, 0.1) is 0 Å². The van der Waals surface area contributed by atoms with Crippen molar-refractivity contribution in [2.45, 2.75) is 51.7 Å². The zero-order valence-electron chi connectivity index (χ0n) is 11.8. The number of ether oxygens (including phenoxy) is 2. The van der Waals surface area contributed by atoms with Gasteiger partial charge in [-0.1, -0.05) is 6.42 Å². The van der Waals surface area contributed by atoms with E-state index in [2.05, 4.69) is 15.3 Å². The highest BCUT2D eigenvalue weighted by Gasteiger charge is 2.12. The molecule has 2 rings (SSSR count). The second-order valence-corrected chi connectivity index (χ2v) is 5.15. The van der Waals surface area contributed by atoms with Crippen LogP contribution in [0.15, 0.2) is 12.4 Å². The second-order valence-electron chi connectivity index (χ2n) is 5.15. The average Bonchev–Trinajstić information content (AvgIpc) is 2.40. The standard InChI is InChI=1S/C14H23N3O2/c1-11(2)19-14-10-15-9-13(17-14)18-8-6-12-5-3-4-7-16-12/h9-12,16H,3-8H2,1-2H3. The predicted octanol–water partition coefficient (Wildman–Crippen LogP) is 2.17. The lowest BCUT2D eigenvalue weighted by molar-refractivity contribution is 0.221. The smallest absolute Gasteiger partial charge is 0.235 e. The number of hydrogen-bond donors (Lipinski definition) is 1. The summed E-state index contributed by atoms with van der Waals surface area (Å²) in [6.45, 7) is 5.72. The first-order valence-corrected chi connectivity index (χ1v) is 7.09. The Labute approximate surface area is 114 Å². The normalized spacial score (nSPS) is 19.4. The third-order valence-electron chi connectivity index (χ3n) is 3.08. The molecule has 0 spiro atoms. The number of hydrogen-bond acceptors (Lipinski definition) is 5. The van der Waals surface area contributed by atoms with Crippen LogP contribution in [0.1, 0.15) is 39.5 Å². The van der Waals surface area contributed by atoms with Gasteiger partial charge in [-0.25, -0.2) is 0 Å². The minimum Gasteiger partial charge on any atom is -0.476 e. The van der Waals surface area contributed by atoms with Gasteiger partial charge in [-0.05, 0) is 39.7 Å². The van der Waals surface area contributed by atoms with Crippen LogP contribution in [0.25, 0.3) is 0 Å². The second kappa shape index (κ2) is 7.28. The summed E-state index contributed by atoms with van der Waals surface area (Å²) in [6.07, 6.45) is 8.18. The molecule has 1 N–H and O–H groups in total. The molecule has 0 aliphatic carbocycles. The SMILES string of the molecule is CC(C)Oc1cncc(OCCC2CCCCN2)n1. The van der Waals surface area contributed by atoms with Gasteiger partial charge in [0, 0.05) is 6.04 Å². The summed E-state index contributed by atoms with van der Waals surface area (Å²) in [5.41, 5.74) is 0. The molecule has 1 aliphatic rings. The summed E-state index contributed by atoms with van der Waals surface area (Å²) in [7, 11) is 0. The Bertz CT molecular complexity index is 379. The molecular formula is C14H23N3O2. The van der Waals surface area contributed by atoms with Crippen LogP contribution in [0.2, 0.25) is 0 Å². The highest BCUT2D eigenvalue weighted by Crippen LogP contribution is 2.14. The van der Waals surface area contributed by atoms with E-state index in [-0.39, 0.29) is 6.10 Å². The van der Waals surface area contributed by atoms with Crippen LogP contribution in [-0.2, 0) is 0 Å². The number of nitrogens with zero attached hydrogens (tertiary/aromatic N) is 2. The highest BCUT2D eigenvalue weighted by molar-refractivity contribution is 5.12. The van der Waals surface area contributed by atoms with Gasteiger partial charge in [0.1, 0.15) is 0 Å². The third kappa shape index (κ3) is 5.03. The average molecular weight is 265 g/mol. The van der Waals surface area contributed by atoms with E-state index in [4.69, 9.17) is 9.47 Å². The Morgan fingerprint density at radius 1 is 1.32 bits per heavy atom. The van der Waals surface area contributed by atoms with E-state index < -0.39 is 0 Å². The number of nitrogens with one attached hydrogen (secondary N) is 1. The van der Waals surface area contributed by atoms with Gasteiger partial charge in [-0.3, -0.25) is 4.98 Å². The van der Waals surface area contributed by atoms with Gasteiger partial charge >= 0.3 is 0 Å². The number of piperidine rings is 1. The number of aromatic nitrogens is 2.